The summed E-state index contributed by atoms with van der Waals surface area (Å²) in [7, 11) is 3.36. The third kappa shape index (κ3) is 2.59. The molecule has 0 aliphatic heterocycles. The maximum absolute atomic E-state index is 11.2. The van der Waals surface area contributed by atoms with E-state index in [1.54, 1.807) is 21.0 Å². The molecule has 0 spiro atoms. The Labute approximate surface area is 110 Å². The van der Waals surface area contributed by atoms with Gasteiger partial charge in [0, 0.05) is 6.92 Å². The van der Waals surface area contributed by atoms with Crippen LogP contribution in [0, 0.1) is 6.92 Å². The van der Waals surface area contributed by atoms with Gasteiger partial charge in [-0.1, -0.05) is 6.07 Å². The number of nitrogens with zero attached hydrogens (tertiary/aromatic N) is 1. The number of carbonyl (C=O) groups is 1. The molecule has 3 N–H and O–H groups in total. The molecule has 2 rings (SSSR count). The van der Waals surface area contributed by atoms with Crippen molar-refractivity contribution in [2.75, 3.05) is 14.1 Å². The van der Waals surface area contributed by atoms with Crippen molar-refractivity contribution in [1.82, 2.24) is 15.6 Å². The van der Waals surface area contributed by atoms with E-state index in [1.165, 1.54) is 0 Å². The standard InChI is InChI=1S/C13H17N3O3/c1-7-16-9-6-8(4-5-10(9)19-7)11(14-2)12(15-3)13(17)18/h4-6,11-12,14-15H,1-3H3,(H,17,18). The van der Waals surface area contributed by atoms with Crippen molar-refractivity contribution in [3.8, 4) is 0 Å². The summed E-state index contributed by atoms with van der Waals surface area (Å²) in [6.07, 6.45) is 0. The molecule has 0 radical (unpaired) electrons. The van der Waals surface area contributed by atoms with Crippen molar-refractivity contribution < 1.29 is 14.3 Å². The van der Waals surface area contributed by atoms with Gasteiger partial charge in [-0.15, -0.1) is 0 Å². The highest BCUT2D eigenvalue weighted by atomic mass is 16.4. The molecule has 0 aliphatic carbocycles. The first kappa shape index (κ1) is 13.5. The van der Waals surface area contributed by atoms with Crippen molar-refractivity contribution in [2.24, 2.45) is 0 Å². The van der Waals surface area contributed by atoms with Crippen LogP contribution < -0.4 is 10.6 Å². The molecular weight excluding hydrogens is 246 g/mol. The molecule has 0 bridgehead atoms. The molecule has 1 heterocycles. The van der Waals surface area contributed by atoms with Crippen molar-refractivity contribution in [1.29, 1.82) is 0 Å². The summed E-state index contributed by atoms with van der Waals surface area (Å²) in [5.41, 5.74) is 2.29. The van der Waals surface area contributed by atoms with E-state index in [4.69, 9.17) is 4.42 Å². The van der Waals surface area contributed by atoms with Gasteiger partial charge in [-0.05, 0) is 31.8 Å². The number of benzene rings is 1. The van der Waals surface area contributed by atoms with Crippen LogP contribution >= 0.6 is 0 Å². The van der Waals surface area contributed by atoms with E-state index < -0.39 is 12.0 Å². The lowest BCUT2D eigenvalue weighted by atomic mass is 9.99. The van der Waals surface area contributed by atoms with Crippen molar-refractivity contribution in [2.45, 2.75) is 19.0 Å². The Morgan fingerprint density at radius 2 is 2.11 bits per heavy atom. The number of hydrogen-bond acceptors (Lipinski definition) is 5. The molecule has 6 nitrogen and oxygen atoms in total. The van der Waals surface area contributed by atoms with Crippen LogP contribution in [-0.2, 0) is 4.79 Å². The van der Waals surface area contributed by atoms with E-state index in [2.05, 4.69) is 15.6 Å². The third-order valence-electron chi connectivity index (χ3n) is 3.10. The fraction of sp³-hybridized carbons (Fsp3) is 0.385. The molecule has 0 saturated carbocycles. The Morgan fingerprint density at radius 1 is 1.37 bits per heavy atom. The average molecular weight is 263 g/mol. The summed E-state index contributed by atoms with van der Waals surface area (Å²) in [5.74, 6) is -0.310. The zero-order chi connectivity index (χ0) is 14.0. The van der Waals surface area contributed by atoms with Gasteiger partial charge in [0.05, 0.1) is 6.04 Å². The van der Waals surface area contributed by atoms with Crippen LogP contribution in [0.4, 0.5) is 0 Å². The molecule has 2 atom stereocenters. The Balaban J connectivity index is 2.42. The molecule has 102 valence electrons. The minimum atomic E-state index is -0.904. The van der Waals surface area contributed by atoms with Crippen LogP contribution in [0.15, 0.2) is 22.6 Å². The van der Waals surface area contributed by atoms with Gasteiger partial charge < -0.3 is 20.2 Å². The normalized spacial score (nSPS) is 14.5. The summed E-state index contributed by atoms with van der Waals surface area (Å²) in [6, 6.07) is 4.45. The largest absolute Gasteiger partial charge is 0.480 e. The maximum atomic E-state index is 11.2. The van der Waals surface area contributed by atoms with Gasteiger partial charge in [0.25, 0.3) is 0 Å². The number of aliphatic carboxylic acids is 1. The predicted molar refractivity (Wildman–Crippen MR) is 71.0 cm³/mol. The summed E-state index contributed by atoms with van der Waals surface area (Å²) < 4.78 is 5.41. The molecule has 19 heavy (non-hydrogen) atoms. The second-order valence-corrected chi connectivity index (χ2v) is 4.33. The molecule has 1 aromatic carbocycles. The quantitative estimate of drug-likeness (QED) is 0.748. The smallest absolute Gasteiger partial charge is 0.322 e. The van der Waals surface area contributed by atoms with E-state index in [0.717, 1.165) is 11.1 Å². The summed E-state index contributed by atoms with van der Waals surface area (Å²) in [6.45, 7) is 1.78. The SMILES string of the molecule is CNC(C(=O)O)C(NC)c1ccc2oc(C)nc2c1. The van der Waals surface area contributed by atoms with Gasteiger partial charge in [-0.25, -0.2) is 4.98 Å². The Hall–Kier alpha value is -1.92. The minimum Gasteiger partial charge on any atom is -0.480 e. The summed E-state index contributed by atoms with van der Waals surface area (Å²) >= 11 is 0. The van der Waals surface area contributed by atoms with Gasteiger partial charge in [0.15, 0.2) is 11.5 Å². The van der Waals surface area contributed by atoms with Crippen molar-refractivity contribution >= 4 is 17.1 Å². The highest BCUT2D eigenvalue weighted by Gasteiger charge is 2.27. The molecule has 6 heteroatoms. The molecule has 0 amide bonds. The number of carboxylic acid groups (broad SMARTS) is 1. The Kier molecular flexibility index (Phi) is 3.82. The fourth-order valence-electron chi connectivity index (χ4n) is 2.21. The van der Waals surface area contributed by atoms with Gasteiger partial charge in [0.2, 0.25) is 0 Å². The van der Waals surface area contributed by atoms with E-state index in [0.29, 0.717) is 11.5 Å². The topological polar surface area (TPSA) is 87.4 Å². The molecule has 2 aromatic rings. The summed E-state index contributed by atoms with van der Waals surface area (Å²) in [5, 5.41) is 15.0. The monoisotopic (exact) mass is 263 g/mol. The first-order chi connectivity index (χ1) is 9.06. The number of aryl methyl sites for hydroxylation is 1. The highest BCUT2D eigenvalue weighted by Crippen LogP contribution is 2.23. The second kappa shape index (κ2) is 5.38. The number of nitrogens with one attached hydrogen (secondary N) is 2. The zero-order valence-electron chi connectivity index (χ0n) is 11.1. The van der Waals surface area contributed by atoms with E-state index in [1.807, 2.05) is 18.2 Å². The Morgan fingerprint density at radius 3 is 2.68 bits per heavy atom. The number of rotatable bonds is 5. The first-order valence-corrected chi connectivity index (χ1v) is 6.01. The van der Waals surface area contributed by atoms with Crippen LogP contribution in [0.5, 0.6) is 0 Å². The number of likely N-dealkylation sites (N-methyl/N-ethyl adjacent to an activating group) is 2. The molecule has 0 fully saturated rings. The molecule has 2 unspecified atom stereocenters. The van der Waals surface area contributed by atoms with Crippen LogP contribution in [0.25, 0.3) is 11.1 Å². The van der Waals surface area contributed by atoms with E-state index in [-0.39, 0.29) is 6.04 Å². The lowest BCUT2D eigenvalue weighted by Crippen LogP contribution is -2.44. The van der Waals surface area contributed by atoms with Gasteiger partial charge in [-0.2, -0.15) is 0 Å². The zero-order valence-corrected chi connectivity index (χ0v) is 11.1. The number of fused-ring (bicyclic) bond motifs is 1. The first-order valence-electron chi connectivity index (χ1n) is 6.01. The molecule has 1 aromatic heterocycles. The van der Waals surface area contributed by atoms with Crippen molar-refractivity contribution in [3.63, 3.8) is 0 Å². The number of oxazole rings is 1. The lowest BCUT2D eigenvalue weighted by molar-refractivity contribution is -0.140. The number of carboxylic acids is 1. The lowest BCUT2D eigenvalue weighted by Gasteiger charge is -2.23. The maximum Gasteiger partial charge on any atom is 0.322 e. The van der Waals surface area contributed by atoms with E-state index in [9.17, 15) is 9.90 Å². The molecule has 0 saturated heterocycles. The highest BCUT2D eigenvalue weighted by molar-refractivity contribution is 5.77. The Bertz CT molecular complexity index is 594. The predicted octanol–water partition coefficient (Wildman–Crippen LogP) is 1.07. The second-order valence-electron chi connectivity index (χ2n) is 4.33. The fourth-order valence-corrected chi connectivity index (χ4v) is 2.21. The molecule has 0 aliphatic rings. The van der Waals surface area contributed by atoms with Gasteiger partial charge in [-0.3, -0.25) is 4.79 Å². The number of hydrogen-bond donors (Lipinski definition) is 3. The van der Waals surface area contributed by atoms with Crippen LogP contribution in [0.1, 0.15) is 17.5 Å². The third-order valence-corrected chi connectivity index (χ3v) is 3.10. The van der Waals surface area contributed by atoms with Gasteiger partial charge >= 0.3 is 5.97 Å². The minimum absolute atomic E-state index is 0.344. The van der Waals surface area contributed by atoms with Crippen LogP contribution in [-0.4, -0.2) is 36.2 Å². The van der Waals surface area contributed by atoms with Gasteiger partial charge in [0.1, 0.15) is 11.6 Å². The molecular formula is C13H17N3O3. The van der Waals surface area contributed by atoms with Crippen molar-refractivity contribution in [3.05, 3.63) is 29.7 Å². The average Bonchev–Trinajstić information content (AvgIpc) is 2.74. The number of aromatic nitrogens is 1. The van der Waals surface area contributed by atoms with Crippen LogP contribution in [0.2, 0.25) is 0 Å². The van der Waals surface area contributed by atoms with E-state index >= 15 is 0 Å². The van der Waals surface area contributed by atoms with Crippen LogP contribution in [0.3, 0.4) is 0 Å². The summed E-state index contributed by atoms with van der Waals surface area (Å²) in [4.78, 5) is 15.5.